The van der Waals surface area contributed by atoms with Crippen molar-refractivity contribution in [3.05, 3.63) is 35.2 Å². The third kappa shape index (κ3) is 4.14. The highest BCUT2D eigenvalue weighted by Gasteiger charge is 2.31. The minimum absolute atomic E-state index is 0.124. The molecule has 2 aliphatic rings. The second kappa shape index (κ2) is 8.47. The molecule has 2 aromatic rings. The zero-order valence-corrected chi connectivity index (χ0v) is 17.2. The van der Waals surface area contributed by atoms with Crippen LogP contribution >= 0.6 is 0 Å². The van der Waals surface area contributed by atoms with Gasteiger partial charge in [-0.2, -0.15) is 5.10 Å². The number of H-pyrrole nitrogens is 1. The number of hydrogen-bond donors (Lipinski definition) is 1. The average Bonchev–Trinajstić information content (AvgIpc) is 3.34. The zero-order chi connectivity index (χ0) is 19.5. The Bertz CT molecular complexity index is 788. The molecule has 0 aliphatic carbocycles. The molecule has 0 saturated carbocycles. The summed E-state index contributed by atoms with van der Waals surface area (Å²) < 4.78 is 2.12. The fourth-order valence-corrected chi connectivity index (χ4v) is 4.26. The van der Waals surface area contributed by atoms with Crippen LogP contribution in [0.1, 0.15) is 67.1 Å². The zero-order valence-electron chi connectivity index (χ0n) is 17.2. The lowest BCUT2D eigenvalue weighted by Crippen LogP contribution is -2.37. The SMILES string of the molecule is CC(C)CCn1nc(C(=O)N2CCCCC2)c2c1CCN(Cc1ncc[nH]1)C2. The molecule has 7 heteroatoms. The molecule has 7 nitrogen and oxygen atoms in total. The molecule has 1 fully saturated rings. The van der Waals surface area contributed by atoms with Crippen molar-refractivity contribution >= 4 is 5.91 Å². The van der Waals surface area contributed by atoms with Gasteiger partial charge in [-0.15, -0.1) is 0 Å². The Morgan fingerprint density at radius 1 is 1.21 bits per heavy atom. The molecular formula is C21H32N6O. The summed E-state index contributed by atoms with van der Waals surface area (Å²) in [4.78, 5) is 25.2. The summed E-state index contributed by atoms with van der Waals surface area (Å²) in [6, 6.07) is 0. The maximum absolute atomic E-state index is 13.3. The maximum atomic E-state index is 13.3. The molecule has 4 rings (SSSR count). The number of nitrogens with one attached hydrogen (secondary N) is 1. The summed E-state index contributed by atoms with van der Waals surface area (Å²) in [5, 5.41) is 4.85. The minimum Gasteiger partial charge on any atom is -0.348 e. The Balaban J connectivity index is 1.58. The standard InChI is InChI=1S/C21H32N6O/c1-16(2)6-13-27-18-7-12-25(15-19-22-8-9-23-19)14-17(18)20(24-27)21(28)26-10-4-3-5-11-26/h8-9,16H,3-7,10-15H2,1-2H3,(H,22,23). The van der Waals surface area contributed by atoms with Gasteiger partial charge in [0.2, 0.25) is 0 Å². The number of hydrogen-bond acceptors (Lipinski definition) is 4. The molecule has 1 saturated heterocycles. The van der Waals surface area contributed by atoms with Crippen molar-refractivity contribution in [1.29, 1.82) is 0 Å². The number of fused-ring (bicyclic) bond motifs is 1. The summed E-state index contributed by atoms with van der Waals surface area (Å²) in [6.07, 6.45) is 9.11. The highest BCUT2D eigenvalue weighted by Crippen LogP contribution is 2.26. The van der Waals surface area contributed by atoms with E-state index < -0.39 is 0 Å². The van der Waals surface area contributed by atoms with Crippen molar-refractivity contribution in [3.63, 3.8) is 0 Å². The van der Waals surface area contributed by atoms with Crippen LogP contribution < -0.4 is 0 Å². The number of likely N-dealkylation sites (tertiary alicyclic amines) is 1. The molecule has 0 spiro atoms. The van der Waals surface area contributed by atoms with Gasteiger partial charge in [-0.25, -0.2) is 4.98 Å². The molecular weight excluding hydrogens is 352 g/mol. The van der Waals surface area contributed by atoms with E-state index in [-0.39, 0.29) is 5.91 Å². The van der Waals surface area contributed by atoms with E-state index >= 15 is 0 Å². The number of amides is 1. The number of carbonyl (C=O) groups is 1. The molecule has 0 bridgehead atoms. The van der Waals surface area contributed by atoms with Crippen LogP contribution in [0.25, 0.3) is 0 Å². The van der Waals surface area contributed by atoms with Crippen LogP contribution in [-0.4, -0.2) is 55.1 Å². The Kier molecular flexibility index (Phi) is 5.80. The van der Waals surface area contributed by atoms with E-state index in [1.165, 1.54) is 12.1 Å². The van der Waals surface area contributed by atoms with Crippen molar-refractivity contribution < 1.29 is 4.79 Å². The molecule has 0 aromatic carbocycles. The first-order valence-electron chi connectivity index (χ1n) is 10.7. The van der Waals surface area contributed by atoms with Crippen molar-refractivity contribution in [2.45, 2.75) is 65.6 Å². The first-order valence-corrected chi connectivity index (χ1v) is 10.7. The molecule has 1 amide bonds. The van der Waals surface area contributed by atoms with Gasteiger partial charge in [0.25, 0.3) is 5.91 Å². The first-order chi connectivity index (χ1) is 13.6. The highest BCUT2D eigenvalue weighted by atomic mass is 16.2. The van der Waals surface area contributed by atoms with Gasteiger partial charge in [-0.05, 0) is 31.6 Å². The van der Waals surface area contributed by atoms with Gasteiger partial charge in [-0.3, -0.25) is 14.4 Å². The van der Waals surface area contributed by atoms with Gasteiger partial charge in [-0.1, -0.05) is 13.8 Å². The molecule has 152 valence electrons. The van der Waals surface area contributed by atoms with Crippen LogP contribution in [0.2, 0.25) is 0 Å². The summed E-state index contributed by atoms with van der Waals surface area (Å²) in [7, 11) is 0. The smallest absolute Gasteiger partial charge is 0.274 e. The quantitative estimate of drug-likeness (QED) is 0.831. The van der Waals surface area contributed by atoms with Gasteiger partial charge in [0.15, 0.2) is 5.69 Å². The van der Waals surface area contributed by atoms with E-state index in [1.807, 2.05) is 11.1 Å². The van der Waals surface area contributed by atoms with Crippen LogP contribution in [0.5, 0.6) is 0 Å². The Hall–Kier alpha value is -2.15. The van der Waals surface area contributed by atoms with Crippen LogP contribution in [0.15, 0.2) is 12.4 Å². The first kappa shape index (κ1) is 19.2. The van der Waals surface area contributed by atoms with Gasteiger partial charge < -0.3 is 9.88 Å². The molecule has 2 aliphatic heterocycles. The molecule has 0 unspecified atom stereocenters. The third-order valence-corrected chi connectivity index (χ3v) is 5.91. The van der Waals surface area contributed by atoms with Crippen LogP contribution in [0.3, 0.4) is 0 Å². The summed E-state index contributed by atoms with van der Waals surface area (Å²) in [5.41, 5.74) is 3.08. The molecule has 28 heavy (non-hydrogen) atoms. The second-order valence-corrected chi connectivity index (χ2v) is 8.53. The number of carbonyl (C=O) groups excluding carboxylic acids is 1. The number of aromatic nitrogens is 4. The van der Waals surface area contributed by atoms with Crippen molar-refractivity contribution in [2.24, 2.45) is 5.92 Å². The van der Waals surface area contributed by atoms with E-state index in [4.69, 9.17) is 5.10 Å². The summed E-state index contributed by atoms with van der Waals surface area (Å²) in [5.74, 6) is 1.72. The predicted octanol–water partition coefficient (Wildman–Crippen LogP) is 2.84. The fraction of sp³-hybridized carbons (Fsp3) is 0.667. The van der Waals surface area contributed by atoms with Crippen LogP contribution in [0.4, 0.5) is 0 Å². The van der Waals surface area contributed by atoms with E-state index in [0.717, 1.165) is 76.3 Å². The third-order valence-electron chi connectivity index (χ3n) is 5.91. The van der Waals surface area contributed by atoms with Crippen molar-refractivity contribution in [1.82, 2.24) is 29.5 Å². The number of imidazole rings is 1. The van der Waals surface area contributed by atoms with E-state index in [2.05, 4.69) is 33.4 Å². The minimum atomic E-state index is 0.124. The van der Waals surface area contributed by atoms with Crippen molar-refractivity contribution in [2.75, 3.05) is 19.6 Å². The number of aromatic amines is 1. The van der Waals surface area contributed by atoms with E-state index in [0.29, 0.717) is 11.6 Å². The summed E-state index contributed by atoms with van der Waals surface area (Å²) in [6.45, 7) is 9.62. The number of aryl methyl sites for hydroxylation is 1. The largest absolute Gasteiger partial charge is 0.348 e. The lowest BCUT2D eigenvalue weighted by Gasteiger charge is -2.29. The van der Waals surface area contributed by atoms with Gasteiger partial charge in [0, 0.05) is 62.8 Å². The molecule has 1 N–H and O–H groups in total. The van der Waals surface area contributed by atoms with Gasteiger partial charge in [0.05, 0.1) is 6.54 Å². The molecule has 0 atom stereocenters. The van der Waals surface area contributed by atoms with E-state index in [9.17, 15) is 4.79 Å². The van der Waals surface area contributed by atoms with Crippen LogP contribution in [0, 0.1) is 5.92 Å². The highest BCUT2D eigenvalue weighted by molar-refractivity contribution is 5.94. The average molecular weight is 385 g/mol. The lowest BCUT2D eigenvalue weighted by atomic mass is 10.0. The predicted molar refractivity (Wildman–Crippen MR) is 108 cm³/mol. The Morgan fingerprint density at radius 3 is 2.75 bits per heavy atom. The van der Waals surface area contributed by atoms with E-state index in [1.54, 1.807) is 6.20 Å². The molecule has 0 radical (unpaired) electrons. The maximum Gasteiger partial charge on any atom is 0.274 e. The van der Waals surface area contributed by atoms with Gasteiger partial charge >= 0.3 is 0 Å². The topological polar surface area (TPSA) is 70.1 Å². The Labute approximate surface area is 167 Å². The molecule has 4 heterocycles. The lowest BCUT2D eigenvalue weighted by molar-refractivity contribution is 0.0714. The number of piperidine rings is 1. The fourth-order valence-electron chi connectivity index (χ4n) is 4.26. The summed E-state index contributed by atoms with van der Waals surface area (Å²) >= 11 is 0. The number of nitrogens with zero attached hydrogens (tertiary/aromatic N) is 5. The Morgan fingerprint density at radius 2 is 2.04 bits per heavy atom. The number of rotatable bonds is 6. The van der Waals surface area contributed by atoms with Gasteiger partial charge in [0.1, 0.15) is 5.82 Å². The molecule has 2 aromatic heterocycles. The van der Waals surface area contributed by atoms with Crippen LogP contribution in [-0.2, 0) is 26.1 Å². The monoisotopic (exact) mass is 384 g/mol. The van der Waals surface area contributed by atoms with Crippen molar-refractivity contribution in [3.8, 4) is 0 Å². The normalized spacial score (nSPS) is 17.9. The second-order valence-electron chi connectivity index (χ2n) is 8.53.